The summed E-state index contributed by atoms with van der Waals surface area (Å²) in [4.78, 5) is 18.4. The third-order valence-corrected chi connectivity index (χ3v) is 3.06. The quantitative estimate of drug-likeness (QED) is 0.774. The van der Waals surface area contributed by atoms with Crippen LogP contribution in [0.4, 0.5) is 0 Å². The van der Waals surface area contributed by atoms with Gasteiger partial charge in [0.05, 0.1) is 5.56 Å². The number of hydrogen-bond acceptors (Lipinski definition) is 4. The molecule has 3 rings (SSSR count). The van der Waals surface area contributed by atoms with Gasteiger partial charge in [0.25, 0.3) is 0 Å². The molecule has 2 aromatic rings. The zero-order valence-electron chi connectivity index (χ0n) is 9.80. The molecule has 18 heavy (non-hydrogen) atoms. The molecule has 0 saturated heterocycles. The van der Waals surface area contributed by atoms with E-state index in [9.17, 15) is 4.79 Å². The van der Waals surface area contributed by atoms with Crippen molar-refractivity contribution in [3.63, 3.8) is 0 Å². The fraction of sp³-hybridized carbons (Fsp3) is 0.214. The van der Waals surface area contributed by atoms with Crippen LogP contribution < -0.4 is 4.74 Å². The van der Waals surface area contributed by atoms with Crippen molar-refractivity contribution < 1.29 is 9.53 Å². The predicted molar refractivity (Wildman–Crippen MR) is 66.0 cm³/mol. The summed E-state index contributed by atoms with van der Waals surface area (Å²) in [5, 5.41) is 0. The molecule has 1 heterocycles. The van der Waals surface area contributed by atoms with Crippen molar-refractivity contribution in [2.75, 3.05) is 0 Å². The number of aryl methyl sites for hydroxylation is 2. The molecule has 0 radical (unpaired) electrons. The number of aromatic nitrogens is 2. The maximum atomic E-state index is 10.5. The van der Waals surface area contributed by atoms with Crippen LogP contribution >= 0.6 is 0 Å². The molecule has 0 saturated carbocycles. The van der Waals surface area contributed by atoms with Crippen LogP contribution in [0.5, 0.6) is 11.8 Å². The highest BCUT2D eigenvalue weighted by Crippen LogP contribution is 2.27. The molecule has 4 nitrogen and oxygen atoms in total. The Morgan fingerprint density at radius 1 is 1.11 bits per heavy atom. The maximum absolute atomic E-state index is 10.5. The standard InChI is InChI=1S/C14H12N2O2/c17-9-10-7-15-14(16-8-10)18-13-5-4-11-2-1-3-12(11)6-13/h4-9H,1-3H2. The van der Waals surface area contributed by atoms with Gasteiger partial charge in [-0.3, -0.25) is 4.79 Å². The van der Waals surface area contributed by atoms with E-state index in [1.165, 1.54) is 29.9 Å². The summed E-state index contributed by atoms with van der Waals surface area (Å²) in [6.45, 7) is 0. The first-order chi connectivity index (χ1) is 8.85. The molecule has 0 N–H and O–H groups in total. The monoisotopic (exact) mass is 240 g/mol. The van der Waals surface area contributed by atoms with Crippen LogP contribution in [0.2, 0.25) is 0 Å². The van der Waals surface area contributed by atoms with Gasteiger partial charge in [-0.15, -0.1) is 0 Å². The van der Waals surface area contributed by atoms with Gasteiger partial charge in [-0.2, -0.15) is 0 Å². The summed E-state index contributed by atoms with van der Waals surface area (Å²) in [5.74, 6) is 0.745. The number of fused-ring (bicyclic) bond motifs is 1. The van der Waals surface area contributed by atoms with E-state index in [0.717, 1.165) is 18.6 Å². The van der Waals surface area contributed by atoms with E-state index in [4.69, 9.17) is 4.74 Å². The number of rotatable bonds is 3. The second-order valence-corrected chi connectivity index (χ2v) is 4.30. The number of hydrogen-bond donors (Lipinski definition) is 0. The molecule has 0 aliphatic heterocycles. The Balaban J connectivity index is 1.81. The fourth-order valence-corrected chi connectivity index (χ4v) is 2.16. The Morgan fingerprint density at radius 2 is 1.89 bits per heavy atom. The van der Waals surface area contributed by atoms with E-state index in [1.807, 2.05) is 12.1 Å². The number of carbonyl (C=O) groups is 1. The molecule has 90 valence electrons. The van der Waals surface area contributed by atoms with Crippen LogP contribution in [-0.4, -0.2) is 16.3 Å². The molecule has 0 amide bonds. The minimum absolute atomic E-state index is 0.263. The Labute approximate surface area is 105 Å². The molecule has 1 aromatic heterocycles. The van der Waals surface area contributed by atoms with Crippen LogP contribution in [0.15, 0.2) is 30.6 Å². The highest BCUT2D eigenvalue weighted by Gasteiger charge is 2.11. The zero-order chi connectivity index (χ0) is 12.4. The first kappa shape index (κ1) is 10.9. The van der Waals surface area contributed by atoms with Crippen LogP contribution in [0.3, 0.4) is 0 Å². The predicted octanol–water partition coefficient (Wildman–Crippen LogP) is 2.57. The number of benzene rings is 1. The summed E-state index contributed by atoms with van der Waals surface area (Å²) in [7, 11) is 0. The van der Waals surface area contributed by atoms with Gasteiger partial charge < -0.3 is 4.74 Å². The molecule has 0 bridgehead atoms. The van der Waals surface area contributed by atoms with Crippen molar-refractivity contribution in [2.24, 2.45) is 0 Å². The van der Waals surface area contributed by atoms with Gasteiger partial charge in [0.2, 0.25) is 0 Å². The van der Waals surface area contributed by atoms with E-state index < -0.39 is 0 Å². The maximum Gasteiger partial charge on any atom is 0.321 e. The van der Waals surface area contributed by atoms with Gasteiger partial charge in [0.1, 0.15) is 5.75 Å². The lowest BCUT2D eigenvalue weighted by Crippen LogP contribution is -1.94. The minimum Gasteiger partial charge on any atom is -0.424 e. The lowest BCUT2D eigenvalue weighted by Gasteiger charge is -2.05. The first-order valence-corrected chi connectivity index (χ1v) is 5.92. The van der Waals surface area contributed by atoms with Crippen LogP contribution in [0.25, 0.3) is 0 Å². The average molecular weight is 240 g/mol. The fourth-order valence-electron chi connectivity index (χ4n) is 2.16. The number of ether oxygens (including phenoxy) is 1. The van der Waals surface area contributed by atoms with Gasteiger partial charge in [0.15, 0.2) is 6.29 Å². The van der Waals surface area contributed by atoms with Gasteiger partial charge in [0, 0.05) is 12.4 Å². The molecule has 0 atom stereocenters. The number of carbonyl (C=O) groups excluding carboxylic acids is 1. The number of aldehydes is 1. The van der Waals surface area contributed by atoms with E-state index >= 15 is 0 Å². The van der Waals surface area contributed by atoms with Crippen molar-refractivity contribution in [3.8, 4) is 11.8 Å². The second-order valence-electron chi connectivity index (χ2n) is 4.30. The Morgan fingerprint density at radius 3 is 2.67 bits per heavy atom. The molecule has 1 aromatic carbocycles. The highest BCUT2D eigenvalue weighted by atomic mass is 16.5. The first-order valence-electron chi connectivity index (χ1n) is 5.92. The van der Waals surface area contributed by atoms with Gasteiger partial charge in [-0.25, -0.2) is 9.97 Å². The van der Waals surface area contributed by atoms with Crippen LogP contribution in [0.1, 0.15) is 27.9 Å². The molecule has 0 fully saturated rings. The molecular weight excluding hydrogens is 228 g/mol. The van der Waals surface area contributed by atoms with Crippen molar-refractivity contribution in [1.82, 2.24) is 9.97 Å². The third kappa shape index (κ3) is 2.09. The van der Waals surface area contributed by atoms with E-state index in [0.29, 0.717) is 11.8 Å². The minimum atomic E-state index is 0.263. The van der Waals surface area contributed by atoms with Crippen molar-refractivity contribution >= 4 is 6.29 Å². The number of nitrogens with zero attached hydrogens (tertiary/aromatic N) is 2. The summed E-state index contributed by atoms with van der Waals surface area (Å²) in [6, 6.07) is 6.33. The lowest BCUT2D eigenvalue weighted by molar-refractivity contribution is 0.112. The Bertz CT molecular complexity index is 579. The van der Waals surface area contributed by atoms with Gasteiger partial charge in [-0.05, 0) is 42.5 Å². The summed E-state index contributed by atoms with van der Waals surface area (Å²) < 4.78 is 5.56. The van der Waals surface area contributed by atoms with Crippen molar-refractivity contribution in [2.45, 2.75) is 19.3 Å². The SMILES string of the molecule is O=Cc1cnc(Oc2ccc3c(c2)CCC3)nc1. The normalized spacial score (nSPS) is 13.1. The molecule has 4 heteroatoms. The highest BCUT2D eigenvalue weighted by molar-refractivity contribution is 5.73. The molecule has 0 unspecified atom stereocenters. The van der Waals surface area contributed by atoms with Crippen molar-refractivity contribution in [1.29, 1.82) is 0 Å². The van der Waals surface area contributed by atoms with E-state index in [-0.39, 0.29) is 6.01 Å². The summed E-state index contributed by atoms with van der Waals surface area (Å²) in [6.07, 6.45) is 7.07. The Hall–Kier alpha value is -2.23. The molecular formula is C14H12N2O2. The zero-order valence-corrected chi connectivity index (χ0v) is 9.80. The summed E-state index contributed by atoms with van der Waals surface area (Å²) in [5.41, 5.74) is 3.19. The molecule has 1 aliphatic carbocycles. The lowest BCUT2D eigenvalue weighted by atomic mass is 10.1. The van der Waals surface area contributed by atoms with Crippen LogP contribution in [-0.2, 0) is 12.8 Å². The average Bonchev–Trinajstić information content (AvgIpc) is 2.87. The summed E-state index contributed by atoms with van der Waals surface area (Å²) >= 11 is 0. The van der Waals surface area contributed by atoms with Gasteiger partial charge >= 0.3 is 6.01 Å². The van der Waals surface area contributed by atoms with Crippen LogP contribution in [0, 0.1) is 0 Å². The smallest absolute Gasteiger partial charge is 0.321 e. The van der Waals surface area contributed by atoms with E-state index in [2.05, 4.69) is 16.0 Å². The van der Waals surface area contributed by atoms with Gasteiger partial charge in [-0.1, -0.05) is 6.07 Å². The molecule has 0 spiro atoms. The van der Waals surface area contributed by atoms with E-state index in [1.54, 1.807) is 0 Å². The molecule has 1 aliphatic rings. The Kier molecular flexibility index (Phi) is 2.76. The second kappa shape index (κ2) is 4.56. The topological polar surface area (TPSA) is 52.1 Å². The largest absolute Gasteiger partial charge is 0.424 e. The third-order valence-electron chi connectivity index (χ3n) is 3.06. The van der Waals surface area contributed by atoms with Crippen molar-refractivity contribution in [3.05, 3.63) is 47.3 Å².